The van der Waals surface area contributed by atoms with E-state index in [0.717, 1.165) is 22.6 Å². The minimum atomic E-state index is 0.621. The smallest absolute Gasteiger partial charge is 0.137 e. The first kappa shape index (κ1) is 17.5. The van der Waals surface area contributed by atoms with Crippen molar-refractivity contribution in [3.05, 3.63) is 97.1 Å². The molecule has 0 bridgehead atoms. The Morgan fingerprint density at radius 1 is 0.464 bits per heavy atom. The molecule has 0 saturated carbocycles. The summed E-state index contributed by atoms with van der Waals surface area (Å²) in [5.74, 6) is 2.76. The van der Waals surface area contributed by atoms with E-state index in [2.05, 4.69) is 0 Å². The Bertz CT molecular complexity index is 991. The number of rotatable bonds is 5. The molecular weight excluding hydrogens is 348 g/mol. The molecule has 0 amide bonds. The molecule has 0 aliphatic rings. The van der Waals surface area contributed by atoms with Gasteiger partial charge in [0.05, 0.1) is 0 Å². The number of para-hydroxylation sites is 2. The lowest BCUT2D eigenvalue weighted by Gasteiger charge is -2.16. The van der Waals surface area contributed by atoms with E-state index < -0.39 is 0 Å². The Labute approximate surface area is 164 Å². The zero-order valence-electron chi connectivity index (χ0n) is 15.2. The van der Waals surface area contributed by atoms with Gasteiger partial charge in [0.2, 0.25) is 0 Å². The van der Waals surface area contributed by atoms with Gasteiger partial charge in [0.25, 0.3) is 0 Å². The molecule has 28 heavy (non-hydrogen) atoms. The standard InChI is InChI=1S/C24H20N2O2/c25-17-11-13-21(23(15-17)27-19-7-3-1-4-8-19)22-14-12-18(26)16-24(22)28-20-9-5-2-6-10-20/h1-16H,25-26H2. The first-order valence-electron chi connectivity index (χ1n) is 8.94. The fourth-order valence-corrected chi connectivity index (χ4v) is 2.92. The van der Waals surface area contributed by atoms with Crippen LogP contribution in [-0.2, 0) is 0 Å². The van der Waals surface area contributed by atoms with Crippen molar-refractivity contribution in [3.63, 3.8) is 0 Å². The average molecular weight is 368 g/mol. The summed E-state index contributed by atoms with van der Waals surface area (Å²) in [4.78, 5) is 0. The van der Waals surface area contributed by atoms with Crippen LogP contribution in [0.2, 0.25) is 0 Å². The molecule has 4 aromatic carbocycles. The van der Waals surface area contributed by atoms with Gasteiger partial charge in [0.15, 0.2) is 0 Å². The first-order chi connectivity index (χ1) is 13.7. The third kappa shape index (κ3) is 3.91. The molecular formula is C24H20N2O2. The second-order valence-corrected chi connectivity index (χ2v) is 6.34. The van der Waals surface area contributed by atoms with Crippen molar-refractivity contribution < 1.29 is 9.47 Å². The second kappa shape index (κ2) is 7.76. The number of ether oxygens (including phenoxy) is 2. The molecule has 0 unspecified atom stereocenters. The highest BCUT2D eigenvalue weighted by Gasteiger charge is 2.14. The van der Waals surface area contributed by atoms with Crippen LogP contribution in [0.5, 0.6) is 23.0 Å². The lowest BCUT2D eigenvalue weighted by atomic mass is 10.0. The van der Waals surface area contributed by atoms with Gasteiger partial charge in [-0.2, -0.15) is 0 Å². The van der Waals surface area contributed by atoms with E-state index in [4.69, 9.17) is 20.9 Å². The highest BCUT2D eigenvalue weighted by atomic mass is 16.5. The van der Waals surface area contributed by atoms with E-state index >= 15 is 0 Å². The maximum absolute atomic E-state index is 6.11. The predicted octanol–water partition coefficient (Wildman–Crippen LogP) is 6.10. The molecule has 0 saturated heterocycles. The Kier molecular flexibility index (Phi) is 4.85. The summed E-state index contributed by atoms with van der Waals surface area (Å²) in [5, 5.41) is 0. The lowest BCUT2D eigenvalue weighted by molar-refractivity contribution is 0.477. The number of hydrogen-bond acceptors (Lipinski definition) is 4. The first-order valence-corrected chi connectivity index (χ1v) is 8.94. The highest BCUT2D eigenvalue weighted by Crippen LogP contribution is 2.41. The maximum Gasteiger partial charge on any atom is 0.137 e. The van der Waals surface area contributed by atoms with Gasteiger partial charge in [-0.25, -0.2) is 0 Å². The van der Waals surface area contributed by atoms with Crippen molar-refractivity contribution >= 4 is 11.4 Å². The van der Waals surface area contributed by atoms with Crippen LogP contribution in [0.1, 0.15) is 0 Å². The van der Waals surface area contributed by atoms with Crippen LogP contribution in [0.15, 0.2) is 97.1 Å². The molecule has 4 heteroatoms. The van der Waals surface area contributed by atoms with Crippen LogP contribution in [0, 0.1) is 0 Å². The molecule has 0 aliphatic heterocycles. The van der Waals surface area contributed by atoms with Crippen LogP contribution in [0.4, 0.5) is 11.4 Å². The fraction of sp³-hybridized carbons (Fsp3) is 0. The van der Waals surface area contributed by atoms with Gasteiger partial charge in [-0.1, -0.05) is 36.4 Å². The van der Waals surface area contributed by atoms with Gasteiger partial charge in [-0.15, -0.1) is 0 Å². The summed E-state index contributed by atoms with van der Waals surface area (Å²) in [5.41, 5.74) is 15.0. The Morgan fingerprint density at radius 2 is 0.857 bits per heavy atom. The van der Waals surface area contributed by atoms with E-state index in [0.29, 0.717) is 22.9 Å². The van der Waals surface area contributed by atoms with Gasteiger partial charge in [-0.3, -0.25) is 0 Å². The third-order valence-electron chi connectivity index (χ3n) is 4.24. The third-order valence-corrected chi connectivity index (χ3v) is 4.24. The van der Waals surface area contributed by atoms with Crippen LogP contribution in [0.3, 0.4) is 0 Å². The molecule has 4 nitrogen and oxygen atoms in total. The molecule has 4 rings (SSSR count). The van der Waals surface area contributed by atoms with E-state index in [-0.39, 0.29) is 0 Å². The topological polar surface area (TPSA) is 70.5 Å². The van der Waals surface area contributed by atoms with Crippen molar-refractivity contribution in [2.24, 2.45) is 0 Å². The van der Waals surface area contributed by atoms with Gasteiger partial charge in [0.1, 0.15) is 23.0 Å². The minimum absolute atomic E-state index is 0.621. The Balaban J connectivity index is 1.79. The van der Waals surface area contributed by atoms with Crippen molar-refractivity contribution in [2.75, 3.05) is 11.5 Å². The number of hydrogen-bond donors (Lipinski definition) is 2. The molecule has 0 radical (unpaired) electrons. The molecule has 4 N–H and O–H groups in total. The number of anilines is 2. The van der Waals surface area contributed by atoms with Crippen LogP contribution in [-0.4, -0.2) is 0 Å². The zero-order chi connectivity index (χ0) is 19.3. The summed E-state index contributed by atoms with van der Waals surface area (Å²) in [6.07, 6.45) is 0. The predicted molar refractivity (Wildman–Crippen MR) is 114 cm³/mol. The number of nitrogens with two attached hydrogens (primary N) is 2. The largest absolute Gasteiger partial charge is 0.457 e. The zero-order valence-corrected chi connectivity index (χ0v) is 15.2. The summed E-state index contributed by atoms with van der Waals surface area (Å²) >= 11 is 0. The second-order valence-electron chi connectivity index (χ2n) is 6.34. The van der Waals surface area contributed by atoms with Crippen LogP contribution < -0.4 is 20.9 Å². The van der Waals surface area contributed by atoms with E-state index in [1.54, 1.807) is 0 Å². The normalized spacial score (nSPS) is 10.4. The summed E-state index contributed by atoms with van der Waals surface area (Å²) in [6.45, 7) is 0. The highest BCUT2D eigenvalue weighted by molar-refractivity contribution is 5.79. The molecule has 0 spiro atoms. The SMILES string of the molecule is Nc1ccc(-c2ccc(N)cc2Oc2ccccc2)c(Oc2ccccc2)c1. The summed E-state index contributed by atoms with van der Waals surface area (Å²) in [6, 6.07) is 30.3. The monoisotopic (exact) mass is 368 g/mol. The molecule has 0 aliphatic carbocycles. The average Bonchev–Trinajstić information content (AvgIpc) is 2.71. The van der Waals surface area contributed by atoms with Crippen molar-refractivity contribution in [1.82, 2.24) is 0 Å². The number of nitrogen functional groups attached to an aromatic ring is 2. The van der Waals surface area contributed by atoms with Gasteiger partial charge in [0, 0.05) is 34.6 Å². The van der Waals surface area contributed by atoms with E-state index in [9.17, 15) is 0 Å². The summed E-state index contributed by atoms with van der Waals surface area (Å²) in [7, 11) is 0. The molecule has 4 aromatic rings. The van der Waals surface area contributed by atoms with Crippen LogP contribution >= 0.6 is 0 Å². The number of benzene rings is 4. The maximum atomic E-state index is 6.11. The fourth-order valence-electron chi connectivity index (χ4n) is 2.92. The van der Waals surface area contributed by atoms with Crippen LogP contribution in [0.25, 0.3) is 11.1 Å². The van der Waals surface area contributed by atoms with Gasteiger partial charge in [-0.05, 0) is 48.5 Å². The lowest BCUT2D eigenvalue weighted by Crippen LogP contribution is -1.95. The molecule has 0 fully saturated rings. The molecule has 0 atom stereocenters. The van der Waals surface area contributed by atoms with Gasteiger partial charge >= 0.3 is 0 Å². The molecule has 0 aromatic heterocycles. The van der Waals surface area contributed by atoms with E-state index in [1.807, 2.05) is 97.1 Å². The quantitative estimate of drug-likeness (QED) is 0.417. The summed E-state index contributed by atoms with van der Waals surface area (Å²) < 4.78 is 12.2. The van der Waals surface area contributed by atoms with Crippen molar-refractivity contribution in [3.8, 4) is 34.1 Å². The van der Waals surface area contributed by atoms with Crippen molar-refractivity contribution in [1.29, 1.82) is 0 Å². The molecule has 138 valence electrons. The Hall–Kier alpha value is -3.92. The van der Waals surface area contributed by atoms with Crippen molar-refractivity contribution in [2.45, 2.75) is 0 Å². The van der Waals surface area contributed by atoms with Gasteiger partial charge < -0.3 is 20.9 Å². The molecule has 0 heterocycles. The Morgan fingerprint density at radius 3 is 1.25 bits per heavy atom. The minimum Gasteiger partial charge on any atom is -0.457 e. The van der Waals surface area contributed by atoms with E-state index in [1.165, 1.54) is 0 Å².